The topological polar surface area (TPSA) is 6.48 Å². The molecule has 0 aromatic heterocycles. The Morgan fingerprint density at radius 3 is 0.885 bits per heavy atom. The molecule has 0 bridgehead atoms. The first-order chi connectivity index (χ1) is 12.2. The van der Waals surface area contributed by atoms with Crippen molar-refractivity contribution in [2.24, 2.45) is 23.7 Å². The lowest BCUT2D eigenvalue weighted by atomic mass is 9.79. The van der Waals surface area contributed by atoms with Gasteiger partial charge in [-0.25, -0.2) is 0 Å². The van der Waals surface area contributed by atoms with Crippen LogP contribution >= 0.6 is 0 Å². The molecule has 0 aromatic carbocycles. The van der Waals surface area contributed by atoms with Crippen LogP contribution in [0.4, 0.5) is 0 Å². The highest BCUT2D eigenvalue weighted by molar-refractivity contribution is 4.79. The van der Waals surface area contributed by atoms with Crippen LogP contribution < -0.4 is 0 Å². The Kier molecular flexibility index (Phi) is 14.0. The molecule has 0 spiro atoms. The Hall–Kier alpha value is -0.0800. The van der Waals surface area contributed by atoms with E-state index < -0.39 is 0 Å². The zero-order chi connectivity index (χ0) is 20.3. The average molecular weight is 369 g/mol. The van der Waals surface area contributed by atoms with Gasteiger partial charge in [-0.1, -0.05) is 41.5 Å². The molecule has 2 aliphatic carbocycles. The number of hydrogen-bond donors (Lipinski definition) is 0. The molecular formula is C24H52N2. The maximum atomic E-state index is 2.39. The minimum atomic E-state index is 0.861. The normalized spacial score (nSPS) is 29.3. The Labute approximate surface area is 167 Å². The molecule has 0 atom stereocenters. The van der Waals surface area contributed by atoms with Gasteiger partial charge >= 0.3 is 0 Å². The van der Waals surface area contributed by atoms with E-state index in [0.717, 1.165) is 35.8 Å². The van der Waals surface area contributed by atoms with Crippen LogP contribution in [0.15, 0.2) is 0 Å². The van der Waals surface area contributed by atoms with Gasteiger partial charge in [0.05, 0.1) is 0 Å². The van der Waals surface area contributed by atoms with Gasteiger partial charge in [0.2, 0.25) is 0 Å². The van der Waals surface area contributed by atoms with Gasteiger partial charge < -0.3 is 9.80 Å². The highest BCUT2D eigenvalue weighted by Crippen LogP contribution is 2.32. The van der Waals surface area contributed by atoms with E-state index in [1.807, 2.05) is 13.8 Å². The van der Waals surface area contributed by atoms with Crippen molar-refractivity contribution < 1.29 is 0 Å². The molecule has 0 aliphatic heterocycles. The largest absolute Gasteiger partial charge is 0.306 e. The third-order valence-electron chi connectivity index (χ3n) is 6.83. The first kappa shape index (κ1) is 25.9. The van der Waals surface area contributed by atoms with Crippen molar-refractivity contribution in [1.82, 2.24) is 9.80 Å². The molecule has 158 valence electrons. The number of nitrogens with zero attached hydrogens (tertiary/aromatic N) is 2. The van der Waals surface area contributed by atoms with Crippen LogP contribution in [0.5, 0.6) is 0 Å². The SMILES string of the molecule is CC.CC(C)C1CCC(N(C)C)CC1.CC(C)C1CCC(N(C)C)CC1. The van der Waals surface area contributed by atoms with Crippen molar-refractivity contribution >= 4 is 0 Å². The lowest BCUT2D eigenvalue weighted by Crippen LogP contribution is -2.33. The number of hydrogen-bond acceptors (Lipinski definition) is 2. The van der Waals surface area contributed by atoms with Crippen molar-refractivity contribution in [2.45, 2.75) is 105 Å². The van der Waals surface area contributed by atoms with Crippen molar-refractivity contribution in [2.75, 3.05) is 28.2 Å². The second kappa shape index (κ2) is 14.0. The Morgan fingerprint density at radius 1 is 0.500 bits per heavy atom. The summed E-state index contributed by atoms with van der Waals surface area (Å²) in [7, 11) is 8.83. The molecule has 0 saturated heterocycles. The molecule has 2 aliphatic rings. The van der Waals surface area contributed by atoms with E-state index in [4.69, 9.17) is 0 Å². The molecule has 2 heteroatoms. The first-order valence-electron chi connectivity index (χ1n) is 11.5. The molecule has 0 radical (unpaired) electrons. The summed E-state index contributed by atoms with van der Waals surface area (Å²) in [5.74, 6) is 3.80. The van der Waals surface area contributed by atoms with Gasteiger partial charge in [0.25, 0.3) is 0 Å². The molecule has 0 N–H and O–H groups in total. The van der Waals surface area contributed by atoms with Gasteiger partial charge in [-0.2, -0.15) is 0 Å². The van der Waals surface area contributed by atoms with Crippen molar-refractivity contribution in [3.63, 3.8) is 0 Å². The maximum absolute atomic E-state index is 2.39. The van der Waals surface area contributed by atoms with E-state index in [2.05, 4.69) is 65.7 Å². The molecule has 26 heavy (non-hydrogen) atoms. The van der Waals surface area contributed by atoms with Crippen molar-refractivity contribution in [1.29, 1.82) is 0 Å². The van der Waals surface area contributed by atoms with Crippen molar-refractivity contribution in [3.8, 4) is 0 Å². The van der Waals surface area contributed by atoms with Crippen LogP contribution in [0.1, 0.15) is 92.9 Å². The van der Waals surface area contributed by atoms with Gasteiger partial charge in [0, 0.05) is 12.1 Å². The second-order valence-corrected chi connectivity index (χ2v) is 9.55. The quantitative estimate of drug-likeness (QED) is 0.555. The van der Waals surface area contributed by atoms with Crippen LogP contribution in [0.25, 0.3) is 0 Å². The van der Waals surface area contributed by atoms with Crippen LogP contribution in [-0.2, 0) is 0 Å². The fourth-order valence-electron chi connectivity index (χ4n) is 4.57. The zero-order valence-electron chi connectivity index (χ0n) is 20.0. The molecule has 0 amide bonds. The highest BCUT2D eigenvalue weighted by atomic mass is 15.1. The molecule has 2 rings (SSSR count). The Morgan fingerprint density at radius 2 is 0.731 bits per heavy atom. The summed E-state index contributed by atoms with van der Waals surface area (Å²) < 4.78 is 0. The number of rotatable bonds is 4. The molecule has 0 unspecified atom stereocenters. The highest BCUT2D eigenvalue weighted by Gasteiger charge is 2.24. The summed E-state index contributed by atoms with van der Waals surface area (Å²) >= 11 is 0. The standard InChI is InChI=1S/2C11H23N.C2H6/c2*1-9(2)10-5-7-11(8-6-10)12(3)4;1-2/h2*9-11H,5-8H2,1-4H3;1-2H3. The van der Waals surface area contributed by atoms with Crippen molar-refractivity contribution in [3.05, 3.63) is 0 Å². The summed E-state index contributed by atoms with van der Waals surface area (Å²) in [6.07, 6.45) is 11.4. The summed E-state index contributed by atoms with van der Waals surface area (Å²) in [6, 6.07) is 1.72. The lowest BCUT2D eigenvalue weighted by molar-refractivity contribution is 0.169. The average Bonchev–Trinajstić information content (AvgIpc) is 2.64. The van der Waals surface area contributed by atoms with Gasteiger partial charge in [0.15, 0.2) is 0 Å². The van der Waals surface area contributed by atoms with Gasteiger partial charge in [-0.3, -0.25) is 0 Å². The van der Waals surface area contributed by atoms with E-state index in [9.17, 15) is 0 Å². The maximum Gasteiger partial charge on any atom is 0.00893 e. The van der Waals surface area contributed by atoms with Gasteiger partial charge in [-0.15, -0.1) is 0 Å². The smallest absolute Gasteiger partial charge is 0.00893 e. The zero-order valence-corrected chi connectivity index (χ0v) is 20.0. The predicted octanol–water partition coefficient (Wildman–Crippen LogP) is 6.55. The van der Waals surface area contributed by atoms with E-state index in [1.165, 1.54) is 51.4 Å². The summed E-state index contributed by atoms with van der Waals surface area (Å²) in [5, 5.41) is 0. The predicted molar refractivity (Wildman–Crippen MR) is 120 cm³/mol. The summed E-state index contributed by atoms with van der Waals surface area (Å²) in [6.45, 7) is 13.4. The first-order valence-corrected chi connectivity index (χ1v) is 11.5. The van der Waals surface area contributed by atoms with Crippen LogP contribution in [-0.4, -0.2) is 50.1 Å². The van der Waals surface area contributed by atoms with E-state index >= 15 is 0 Å². The molecular weight excluding hydrogens is 316 g/mol. The van der Waals surface area contributed by atoms with Gasteiger partial charge in [-0.05, 0) is 103 Å². The lowest BCUT2D eigenvalue weighted by Gasteiger charge is -2.34. The van der Waals surface area contributed by atoms with E-state index in [-0.39, 0.29) is 0 Å². The Balaban J connectivity index is 0.000000439. The summed E-state index contributed by atoms with van der Waals surface area (Å²) in [5.41, 5.74) is 0. The molecule has 2 nitrogen and oxygen atoms in total. The molecule has 0 heterocycles. The van der Waals surface area contributed by atoms with E-state index in [1.54, 1.807) is 0 Å². The minimum absolute atomic E-state index is 0.861. The molecule has 2 fully saturated rings. The second-order valence-electron chi connectivity index (χ2n) is 9.55. The summed E-state index contributed by atoms with van der Waals surface area (Å²) in [4.78, 5) is 4.77. The molecule has 2 saturated carbocycles. The fourth-order valence-corrected chi connectivity index (χ4v) is 4.57. The third-order valence-corrected chi connectivity index (χ3v) is 6.83. The minimum Gasteiger partial charge on any atom is -0.306 e. The van der Waals surface area contributed by atoms with Gasteiger partial charge in [0.1, 0.15) is 0 Å². The van der Waals surface area contributed by atoms with Crippen LogP contribution in [0.2, 0.25) is 0 Å². The molecule has 0 aromatic rings. The Bertz CT molecular complexity index is 242. The van der Waals surface area contributed by atoms with Crippen LogP contribution in [0, 0.1) is 23.7 Å². The fraction of sp³-hybridized carbons (Fsp3) is 1.00. The van der Waals surface area contributed by atoms with E-state index in [0.29, 0.717) is 0 Å². The monoisotopic (exact) mass is 368 g/mol. The van der Waals surface area contributed by atoms with Crippen LogP contribution in [0.3, 0.4) is 0 Å². The third kappa shape index (κ3) is 9.74.